The lowest BCUT2D eigenvalue weighted by Crippen LogP contribution is -2.19. The van der Waals surface area contributed by atoms with E-state index in [1.54, 1.807) is 24.3 Å². The molecular formula is C21H21Cl2NO5. The first kappa shape index (κ1) is 21.3. The lowest BCUT2D eigenvalue weighted by Gasteiger charge is -2.14. The normalized spacial score (nSPS) is 13.7. The molecule has 0 heterocycles. The number of carbonyl (C=O) groups is 1. The maximum atomic E-state index is 12.1. The second-order valence-corrected chi connectivity index (χ2v) is 7.34. The lowest BCUT2D eigenvalue weighted by molar-refractivity contribution is -0.132. The van der Waals surface area contributed by atoms with E-state index in [-0.39, 0.29) is 12.3 Å². The Kier molecular flexibility index (Phi) is 7.23. The highest BCUT2D eigenvalue weighted by Crippen LogP contribution is 2.38. The highest BCUT2D eigenvalue weighted by molar-refractivity contribution is 6.43. The smallest absolute Gasteiger partial charge is 0.360 e. The van der Waals surface area contributed by atoms with Gasteiger partial charge in [-0.05, 0) is 30.4 Å². The first-order chi connectivity index (χ1) is 14.0. The number of hydrogen-bond donors (Lipinski definition) is 0. The molecule has 0 N–H and O–H groups in total. The molecule has 0 radical (unpaired) electrons. The zero-order valence-electron chi connectivity index (χ0n) is 16.1. The van der Waals surface area contributed by atoms with E-state index in [1.165, 1.54) is 27.1 Å². The van der Waals surface area contributed by atoms with Crippen molar-refractivity contribution in [3.05, 3.63) is 57.6 Å². The molecule has 29 heavy (non-hydrogen) atoms. The molecule has 0 spiro atoms. The van der Waals surface area contributed by atoms with E-state index < -0.39 is 5.97 Å². The summed E-state index contributed by atoms with van der Waals surface area (Å²) in [6.45, 7) is 0.763. The Morgan fingerprint density at radius 1 is 1.07 bits per heavy atom. The molecule has 6 nitrogen and oxygen atoms in total. The summed E-state index contributed by atoms with van der Waals surface area (Å²) in [5.41, 5.74) is 1.29. The molecule has 0 aliphatic heterocycles. The van der Waals surface area contributed by atoms with Gasteiger partial charge in [-0.2, -0.15) is 0 Å². The van der Waals surface area contributed by atoms with Crippen LogP contribution in [0.1, 0.15) is 24.0 Å². The van der Waals surface area contributed by atoms with Crippen molar-refractivity contribution in [3.63, 3.8) is 0 Å². The van der Waals surface area contributed by atoms with Crippen molar-refractivity contribution >= 4 is 34.9 Å². The summed E-state index contributed by atoms with van der Waals surface area (Å²) in [6, 6.07) is 10.4. The fourth-order valence-electron chi connectivity index (χ4n) is 2.64. The van der Waals surface area contributed by atoms with Gasteiger partial charge in [-0.1, -0.05) is 52.6 Å². The predicted molar refractivity (Wildman–Crippen MR) is 111 cm³/mol. The van der Waals surface area contributed by atoms with E-state index in [2.05, 4.69) is 5.16 Å². The molecule has 0 aromatic heterocycles. The van der Waals surface area contributed by atoms with Gasteiger partial charge in [-0.25, -0.2) is 4.79 Å². The van der Waals surface area contributed by atoms with Crippen molar-refractivity contribution in [1.29, 1.82) is 0 Å². The zero-order chi connectivity index (χ0) is 20.8. The van der Waals surface area contributed by atoms with Crippen molar-refractivity contribution in [2.24, 2.45) is 11.1 Å². The Bertz CT molecular complexity index is 912. The summed E-state index contributed by atoms with van der Waals surface area (Å²) in [5, 5.41) is 4.59. The second kappa shape index (κ2) is 9.85. The van der Waals surface area contributed by atoms with Crippen LogP contribution in [-0.4, -0.2) is 32.5 Å². The van der Waals surface area contributed by atoms with Crippen LogP contribution >= 0.6 is 23.2 Å². The fourth-order valence-corrected chi connectivity index (χ4v) is 3.13. The number of oxime groups is 1. The van der Waals surface area contributed by atoms with Gasteiger partial charge in [0.1, 0.15) is 25.2 Å². The Hall–Kier alpha value is -2.44. The fraction of sp³-hybridized carbons (Fsp3) is 0.333. The first-order valence-corrected chi connectivity index (χ1v) is 9.81. The number of benzene rings is 2. The molecule has 1 saturated carbocycles. The van der Waals surface area contributed by atoms with Crippen LogP contribution in [0.2, 0.25) is 10.0 Å². The number of hydrogen-bond acceptors (Lipinski definition) is 6. The Labute approximate surface area is 179 Å². The highest BCUT2D eigenvalue weighted by Gasteiger charge is 2.23. The van der Waals surface area contributed by atoms with Gasteiger partial charge in [0.15, 0.2) is 5.71 Å². The van der Waals surface area contributed by atoms with Gasteiger partial charge in [0, 0.05) is 11.6 Å². The molecule has 0 saturated heterocycles. The highest BCUT2D eigenvalue weighted by atomic mass is 35.5. The molecule has 0 bridgehead atoms. The first-order valence-electron chi connectivity index (χ1n) is 9.05. The minimum Gasteiger partial charge on any atom is -0.492 e. The second-order valence-electron chi connectivity index (χ2n) is 6.53. The summed E-state index contributed by atoms with van der Waals surface area (Å²) >= 11 is 12.5. The van der Waals surface area contributed by atoms with Gasteiger partial charge in [-0.3, -0.25) is 0 Å². The third kappa shape index (κ3) is 5.55. The third-order valence-electron chi connectivity index (χ3n) is 4.37. The summed E-state index contributed by atoms with van der Waals surface area (Å²) in [7, 11) is 2.64. The van der Waals surface area contributed by atoms with Crippen molar-refractivity contribution in [2.75, 3.05) is 20.8 Å². The molecule has 0 atom stereocenters. The van der Waals surface area contributed by atoms with E-state index in [9.17, 15) is 4.79 Å². The van der Waals surface area contributed by atoms with Gasteiger partial charge in [-0.15, -0.1) is 0 Å². The van der Waals surface area contributed by atoms with Crippen LogP contribution in [0.15, 0.2) is 41.6 Å². The van der Waals surface area contributed by atoms with Gasteiger partial charge in [0.05, 0.1) is 23.8 Å². The van der Waals surface area contributed by atoms with Gasteiger partial charge >= 0.3 is 5.97 Å². The monoisotopic (exact) mass is 437 g/mol. The standard InChI is InChI=1S/C21H21Cl2NO5/c1-26-21(25)20(24-27-2)15-6-4-3-5-14(15)12-29-19-10-18(16(22)9-17(19)23)28-11-13-7-8-13/h3-6,9-10,13H,7-8,11-12H2,1-2H3. The summed E-state index contributed by atoms with van der Waals surface area (Å²) < 4.78 is 16.5. The lowest BCUT2D eigenvalue weighted by atomic mass is 10.0. The number of halogens is 2. The molecule has 2 aromatic carbocycles. The van der Waals surface area contributed by atoms with E-state index in [0.29, 0.717) is 45.2 Å². The minimum absolute atomic E-state index is 0.0462. The summed E-state index contributed by atoms with van der Waals surface area (Å²) in [4.78, 5) is 16.9. The third-order valence-corrected chi connectivity index (χ3v) is 4.97. The van der Waals surface area contributed by atoms with Crippen LogP contribution in [-0.2, 0) is 21.0 Å². The maximum Gasteiger partial charge on any atom is 0.360 e. The molecule has 3 rings (SSSR count). The molecule has 8 heteroatoms. The number of methoxy groups -OCH3 is 1. The minimum atomic E-state index is -0.611. The average Bonchev–Trinajstić information content (AvgIpc) is 3.55. The van der Waals surface area contributed by atoms with E-state index in [1.807, 2.05) is 12.1 Å². The van der Waals surface area contributed by atoms with Crippen LogP contribution in [0.5, 0.6) is 11.5 Å². The molecule has 1 fully saturated rings. The van der Waals surface area contributed by atoms with E-state index >= 15 is 0 Å². The molecule has 154 valence electrons. The van der Waals surface area contributed by atoms with Gasteiger partial charge in [0.25, 0.3) is 0 Å². The maximum absolute atomic E-state index is 12.1. The van der Waals surface area contributed by atoms with Crippen LogP contribution < -0.4 is 9.47 Å². The van der Waals surface area contributed by atoms with Crippen molar-refractivity contribution < 1.29 is 23.8 Å². The van der Waals surface area contributed by atoms with Gasteiger partial charge in [0.2, 0.25) is 0 Å². The van der Waals surface area contributed by atoms with Crippen LogP contribution in [0.3, 0.4) is 0 Å². The Balaban J connectivity index is 1.80. The molecule has 0 unspecified atom stereocenters. The van der Waals surface area contributed by atoms with Crippen molar-refractivity contribution in [3.8, 4) is 11.5 Å². The van der Waals surface area contributed by atoms with Gasteiger partial charge < -0.3 is 19.0 Å². The molecule has 2 aromatic rings. The number of ether oxygens (including phenoxy) is 3. The predicted octanol–water partition coefficient (Wildman–Crippen LogP) is 4.88. The average molecular weight is 438 g/mol. The van der Waals surface area contributed by atoms with Crippen molar-refractivity contribution in [1.82, 2.24) is 0 Å². The number of rotatable bonds is 9. The SMILES string of the molecule is CON=C(C(=O)OC)c1ccccc1COc1cc(OCC2CC2)c(Cl)cc1Cl. The summed E-state index contributed by atoms with van der Waals surface area (Å²) in [5.74, 6) is 0.941. The Morgan fingerprint density at radius 3 is 2.41 bits per heavy atom. The largest absolute Gasteiger partial charge is 0.492 e. The van der Waals surface area contributed by atoms with E-state index in [4.69, 9.17) is 42.3 Å². The van der Waals surface area contributed by atoms with Crippen LogP contribution in [0.25, 0.3) is 0 Å². The van der Waals surface area contributed by atoms with E-state index in [0.717, 1.165) is 0 Å². The molecular weight excluding hydrogens is 417 g/mol. The topological polar surface area (TPSA) is 66.4 Å². The molecule has 1 aliphatic rings. The van der Waals surface area contributed by atoms with Crippen LogP contribution in [0.4, 0.5) is 0 Å². The molecule has 0 amide bonds. The van der Waals surface area contributed by atoms with Crippen molar-refractivity contribution in [2.45, 2.75) is 19.4 Å². The number of carbonyl (C=O) groups excluding carboxylic acids is 1. The van der Waals surface area contributed by atoms with Crippen LogP contribution in [0, 0.1) is 5.92 Å². The summed E-state index contributed by atoms with van der Waals surface area (Å²) in [6.07, 6.45) is 2.35. The Morgan fingerprint density at radius 2 is 1.76 bits per heavy atom. The molecule has 1 aliphatic carbocycles. The quantitative estimate of drug-likeness (QED) is 0.317. The zero-order valence-corrected chi connectivity index (χ0v) is 17.6. The number of esters is 1. The number of nitrogens with zero attached hydrogens (tertiary/aromatic N) is 1.